The van der Waals surface area contributed by atoms with Crippen molar-refractivity contribution in [3.63, 3.8) is 0 Å². The Balaban J connectivity index is 3.45. The predicted molar refractivity (Wildman–Crippen MR) is 114 cm³/mol. The normalized spacial score (nSPS) is 12.4. The SMILES string of the molecule is COCCCCCCNC(=O)CCCCCCCC(C)(C)CC(C)(C)C. The van der Waals surface area contributed by atoms with Gasteiger partial charge in [0.25, 0.3) is 0 Å². The van der Waals surface area contributed by atoms with Crippen molar-refractivity contribution in [1.29, 1.82) is 0 Å². The van der Waals surface area contributed by atoms with Crippen molar-refractivity contribution in [2.24, 2.45) is 10.8 Å². The molecule has 3 heteroatoms. The number of hydrogen-bond donors (Lipinski definition) is 1. The summed E-state index contributed by atoms with van der Waals surface area (Å²) in [7, 11) is 1.74. The van der Waals surface area contributed by atoms with Crippen LogP contribution in [-0.2, 0) is 9.53 Å². The summed E-state index contributed by atoms with van der Waals surface area (Å²) in [5.74, 6) is 0.230. The molecular weight excluding hydrogens is 322 g/mol. The Morgan fingerprint density at radius 3 is 2.04 bits per heavy atom. The number of ether oxygens (including phenoxy) is 1. The van der Waals surface area contributed by atoms with Crippen molar-refractivity contribution >= 4 is 5.91 Å². The molecule has 0 aromatic heterocycles. The van der Waals surface area contributed by atoms with Crippen molar-refractivity contribution in [2.75, 3.05) is 20.3 Å². The van der Waals surface area contributed by atoms with E-state index in [4.69, 9.17) is 4.74 Å². The molecule has 0 bridgehead atoms. The first-order chi connectivity index (χ1) is 12.2. The van der Waals surface area contributed by atoms with Crippen LogP contribution < -0.4 is 5.32 Å². The van der Waals surface area contributed by atoms with E-state index < -0.39 is 0 Å². The van der Waals surface area contributed by atoms with Crippen molar-refractivity contribution < 1.29 is 9.53 Å². The van der Waals surface area contributed by atoms with Gasteiger partial charge in [0.15, 0.2) is 0 Å². The zero-order valence-electron chi connectivity index (χ0n) is 18.7. The molecule has 0 aliphatic heterocycles. The molecule has 3 nitrogen and oxygen atoms in total. The molecule has 0 saturated carbocycles. The molecule has 0 fully saturated rings. The van der Waals surface area contributed by atoms with Crippen molar-refractivity contribution in [1.82, 2.24) is 5.32 Å². The van der Waals surface area contributed by atoms with E-state index in [1.54, 1.807) is 7.11 Å². The largest absolute Gasteiger partial charge is 0.385 e. The molecular formula is C23H47NO2. The zero-order chi connectivity index (χ0) is 19.9. The fourth-order valence-corrected chi connectivity index (χ4v) is 3.98. The highest BCUT2D eigenvalue weighted by atomic mass is 16.5. The number of unbranched alkanes of at least 4 members (excludes halogenated alkanes) is 7. The molecule has 0 radical (unpaired) electrons. The molecule has 0 spiro atoms. The predicted octanol–water partition coefficient (Wildman–Crippen LogP) is 6.50. The van der Waals surface area contributed by atoms with E-state index in [2.05, 4.69) is 39.9 Å². The minimum atomic E-state index is 0.230. The Morgan fingerprint density at radius 2 is 1.38 bits per heavy atom. The number of carbonyl (C=O) groups excluding carboxylic acids is 1. The van der Waals surface area contributed by atoms with Crippen LogP contribution >= 0.6 is 0 Å². The highest BCUT2D eigenvalue weighted by molar-refractivity contribution is 5.75. The maximum Gasteiger partial charge on any atom is 0.219 e. The third-order valence-corrected chi connectivity index (χ3v) is 4.86. The number of carbonyl (C=O) groups is 1. The molecule has 1 N–H and O–H groups in total. The van der Waals surface area contributed by atoms with Gasteiger partial charge < -0.3 is 10.1 Å². The first-order valence-corrected chi connectivity index (χ1v) is 10.9. The van der Waals surface area contributed by atoms with Gasteiger partial charge in [-0.05, 0) is 42.9 Å². The van der Waals surface area contributed by atoms with E-state index in [1.807, 2.05) is 0 Å². The summed E-state index contributed by atoms with van der Waals surface area (Å²) < 4.78 is 5.03. The van der Waals surface area contributed by atoms with E-state index >= 15 is 0 Å². The molecule has 0 heterocycles. The lowest BCUT2D eigenvalue weighted by Crippen LogP contribution is -2.23. The van der Waals surface area contributed by atoms with Gasteiger partial charge in [0, 0.05) is 26.7 Å². The van der Waals surface area contributed by atoms with Crippen LogP contribution in [0.15, 0.2) is 0 Å². The summed E-state index contributed by atoms with van der Waals surface area (Å²) in [4.78, 5) is 11.8. The second-order valence-electron chi connectivity index (χ2n) is 9.93. The van der Waals surface area contributed by atoms with E-state index in [-0.39, 0.29) is 5.91 Å². The minimum Gasteiger partial charge on any atom is -0.385 e. The summed E-state index contributed by atoms with van der Waals surface area (Å²) in [6.07, 6.45) is 14.0. The van der Waals surface area contributed by atoms with Crippen LogP contribution in [0.25, 0.3) is 0 Å². The molecule has 0 saturated heterocycles. The molecule has 156 valence electrons. The molecule has 0 atom stereocenters. The number of amides is 1. The highest BCUT2D eigenvalue weighted by Crippen LogP contribution is 2.37. The Morgan fingerprint density at radius 1 is 0.808 bits per heavy atom. The van der Waals surface area contributed by atoms with Crippen molar-refractivity contribution in [3.8, 4) is 0 Å². The van der Waals surface area contributed by atoms with Gasteiger partial charge in [0.05, 0.1) is 0 Å². The van der Waals surface area contributed by atoms with Crippen LogP contribution in [0, 0.1) is 10.8 Å². The van der Waals surface area contributed by atoms with Gasteiger partial charge in [-0.15, -0.1) is 0 Å². The maximum absolute atomic E-state index is 11.8. The van der Waals surface area contributed by atoms with Gasteiger partial charge in [-0.25, -0.2) is 0 Å². The first-order valence-electron chi connectivity index (χ1n) is 10.9. The summed E-state index contributed by atoms with van der Waals surface area (Å²) >= 11 is 0. The third-order valence-electron chi connectivity index (χ3n) is 4.86. The molecule has 0 aliphatic rings. The van der Waals surface area contributed by atoms with Gasteiger partial charge in [-0.2, -0.15) is 0 Å². The second-order valence-corrected chi connectivity index (χ2v) is 9.93. The summed E-state index contributed by atoms with van der Waals surface area (Å²) in [5, 5.41) is 3.05. The van der Waals surface area contributed by atoms with Gasteiger partial charge in [0.1, 0.15) is 0 Å². The quantitative estimate of drug-likeness (QED) is 0.315. The highest BCUT2D eigenvalue weighted by Gasteiger charge is 2.24. The summed E-state index contributed by atoms with van der Waals surface area (Å²) in [6, 6.07) is 0. The van der Waals surface area contributed by atoms with Crippen LogP contribution in [-0.4, -0.2) is 26.2 Å². The Hall–Kier alpha value is -0.570. The lowest BCUT2D eigenvalue weighted by Gasteiger charge is -2.32. The number of rotatable bonds is 16. The zero-order valence-corrected chi connectivity index (χ0v) is 18.7. The van der Waals surface area contributed by atoms with E-state index in [1.165, 1.54) is 51.4 Å². The maximum atomic E-state index is 11.8. The third kappa shape index (κ3) is 18.2. The van der Waals surface area contributed by atoms with Crippen LogP contribution in [0.4, 0.5) is 0 Å². The van der Waals surface area contributed by atoms with Crippen LogP contribution in [0.3, 0.4) is 0 Å². The molecule has 0 unspecified atom stereocenters. The number of hydrogen-bond acceptors (Lipinski definition) is 2. The monoisotopic (exact) mass is 369 g/mol. The van der Waals surface area contributed by atoms with Crippen LogP contribution in [0.5, 0.6) is 0 Å². The van der Waals surface area contributed by atoms with Crippen molar-refractivity contribution in [3.05, 3.63) is 0 Å². The molecule has 0 aliphatic carbocycles. The lowest BCUT2D eigenvalue weighted by molar-refractivity contribution is -0.121. The summed E-state index contributed by atoms with van der Waals surface area (Å²) in [5.41, 5.74) is 0.864. The molecule has 0 aromatic rings. The fourth-order valence-electron chi connectivity index (χ4n) is 3.98. The fraction of sp³-hybridized carbons (Fsp3) is 0.957. The van der Waals surface area contributed by atoms with Crippen LogP contribution in [0.1, 0.15) is 112 Å². The average Bonchev–Trinajstić information content (AvgIpc) is 2.50. The van der Waals surface area contributed by atoms with Crippen molar-refractivity contribution in [2.45, 2.75) is 112 Å². The van der Waals surface area contributed by atoms with Crippen LogP contribution in [0.2, 0.25) is 0 Å². The van der Waals surface area contributed by atoms with Gasteiger partial charge >= 0.3 is 0 Å². The Labute approximate surface area is 164 Å². The lowest BCUT2D eigenvalue weighted by atomic mass is 9.73. The van der Waals surface area contributed by atoms with E-state index in [0.717, 1.165) is 32.4 Å². The topological polar surface area (TPSA) is 38.3 Å². The average molecular weight is 370 g/mol. The van der Waals surface area contributed by atoms with Gasteiger partial charge in [0.2, 0.25) is 5.91 Å². The smallest absolute Gasteiger partial charge is 0.219 e. The molecule has 0 rings (SSSR count). The molecule has 26 heavy (non-hydrogen) atoms. The molecule has 1 amide bonds. The minimum absolute atomic E-state index is 0.230. The number of nitrogens with one attached hydrogen (secondary N) is 1. The van der Waals surface area contributed by atoms with E-state index in [0.29, 0.717) is 17.3 Å². The number of methoxy groups -OCH3 is 1. The van der Waals surface area contributed by atoms with Gasteiger partial charge in [-0.1, -0.05) is 73.1 Å². The van der Waals surface area contributed by atoms with Gasteiger partial charge in [-0.3, -0.25) is 4.79 Å². The Bertz CT molecular complexity index is 345. The molecule has 0 aromatic carbocycles. The standard InChI is InChI=1S/C23H47NO2/c1-22(2,3)20-23(4,5)17-13-9-7-8-12-16-21(25)24-18-14-10-11-15-19-26-6/h7-20H2,1-6H3,(H,24,25). The summed E-state index contributed by atoms with van der Waals surface area (Å²) in [6.45, 7) is 13.5. The first kappa shape index (κ1) is 25.4. The van der Waals surface area contributed by atoms with E-state index in [9.17, 15) is 4.79 Å². The Kier molecular flexibility index (Phi) is 14.2. The second kappa shape index (κ2) is 14.5.